The highest BCUT2D eigenvalue weighted by Crippen LogP contribution is 2.21. The molecule has 3 heteroatoms. The van der Waals surface area contributed by atoms with Crippen LogP contribution in [0.1, 0.15) is 10.4 Å². The first-order valence-electron chi connectivity index (χ1n) is 2.40. The van der Waals surface area contributed by atoms with E-state index < -0.39 is 0 Å². The minimum Gasteiger partial charge on any atom is -0.192 e. The molecule has 0 atom stereocenters. The lowest BCUT2D eigenvalue weighted by atomic mass is 10.3. The first-order chi connectivity index (χ1) is 4.24. The number of aryl methyl sites for hydroxylation is 1. The van der Waals surface area contributed by atoms with Gasteiger partial charge in [0.1, 0.15) is 10.9 Å². The Bertz CT molecular complexity index is 259. The highest BCUT2D eigenvalue weighted by atomic mass is 127. The second-order valence-corrected chi connectivity index (χ2v) is 4.62. The minimum atomic E-state index is 0.833. The Labute approximate surface area is 71.5 Å². The summed E-state index contributed by atoms with van der Waals surface area (Å²) in [6, 6.07) is 4.15. The molecule has 0 aliphatic rings. The number of hydrogen-bond donors (Lipinski definition) is 0. The summed E-state index contributed by atoms with van der Waals surface area (Å²) in [5.74, 6) is 0. The average Bonchev–Trinajstić information content (AvgIpc) is 2.10. The molecule has 9 heavy (non-hydrogen) atoms. The average molecular weight is 249 g/mol. The van der Waals surface area contributed by atoms with Gasteiger partial charge in [0.05, 0.1) is 2.88 Å². The van der Waals surface area contributed by atoms with E-state index in [0.717, 1.165) is 10.4 Å². The Morgan fingerprint density at radius 2 is 2.44 bits per heavy atom. The zero-order valence-electron chi connectivity index (χ0n) is 4.81. The van der Waals surface area contributed by atoms with E-state index in [1.54, 1.807) is 0 Å². The van der Waals surface area contributed by atoms with Gasteiger partial charge < -0.3 is 0 Å². The van der Waals surface area contributed by atoms with Crippen LogP contribution < -0.4 is 0 Å². The predicted molar refractivity (Wildman–Crippen MR) is 46.5 cm³/mol. The zero-order valence-corrected chi connectivity index (χ0v) is 7.78. The van der Waals surface area contributed by atoms with Crippen LogP contribution in [0.3, 0.4) is 0 Å². The standard InChI is InChI=1S/C6H4INS/c1-4-2-6(7)9-5(4)3-8/h2H,1H3. The van der Waals surface area contributed by atoms with Crippen molar-refractivity contribution in [2.75, 3.05) is 0 Å². The van der Waals surface area contributed by atoms with Crippen LogP contribution in [0.2, 0.25) is 0 Å². The van der Waals surface area contributed by atoms with Gasteiger partial charge in [-0.2, -0.15) is 5.26 Å². The molecule has 0 bridgehead atoms. The zero-order chi connectivity index (χ0) is 6.85. The number of halogens is 1. The van der Waals surface area contributed by atoms with Gasteiger partial charge in [0.15, 0.2) is 0 Å². The predicted octanol–water partition coefficient (Wildman–Crippen LogP) is 2.53. The quantitative estimate of drug-likeness (QED) is 0.648. The van der Waals surface area contributed by atoms with Crippen molar-refractivity contribution in [1.29, 1.82) is 5.26 Å². The van der Waals surface area contributed by atoms with Crippen molar-refractivity contribution in [3.05, 3.63) is 19.4 Å². The third kappa shape index (κ3) is 1.43. The van der Waals surface area contributed by atoms with Crippen LogP contribution >= 0.6 is 33.9 Å². The Hall–Kier alpha value is -0.0800. The summed E-state index contributed by atoms with van der Waals surface area (Å²) in [6.45, 7) is 1.96. The molecule has 0 radical (unpaired) electrons. The highest BCUT2D eigenvalue weighted by molar-refractivity contribution is 14.1. The molecule has 1 nitrogen and oxygen atoms in total. The first-order valence-corrected chi connectivity index (χ1v) is 4.29. The van der Waals surface area contributed by atoms with Gasteiger partial charge in [-0.3, -0.25) is 0 Å². The van der Waals surface area contributed by atoms with E-state index in [-0.39, 0.29) is 0 Å². The number of hydrogen-bond acceptors (Lipinski definition) is 2. The van der Waals surface area contributed by atoms with Crippen LogP contribution in [0.5, 0.6) is 0 Å². The Morgan fingerprint density at radius 1 is 1.78 bits per heavy atom. The number of thiophene rings is 1. The molecular weight excluding hydrogens is 245 g/mol. The van der Waals surface area contributed by atoms with Gasteiger partial charge >= 0.3 is 0 Å². The van der Waals surface area contributed by atoms with Crippen molar-refractivity contribution in [3.8, 4) is 6.07 Å². The van der Waals surface area contributed by atoms with Crippen LogP contribution in [0.15, 0.2) is 6.07 Å². The van der Waals surface area contributed by atoms with E-state index in [9.17, 15) is 0 Å². The van der Waals surface area contributed by atoms with Crippen molar-refractivity contribution in [2.45, 2.75) is 6.92 Å². The SMILES string of the molecule is Cc1cc(I)sc1C#N. The smallest absolute Gasteiger partial charge is 0.110 e. The molecule has 1 aromatic rings. The van der Waals surface area contributed by atoms with Crippen molar-refractivity contribution < 1.29 is 0 Å². The molecule has 0 aliphatic heterocycles. The molecule has 1 rings (SSSR count). The summed E-state index contributed by atoms with van der Waals surface area (Å²) >= 11 is 3.76. The van der Waals surface area contributed by atoms with E-state index >= 15 is 0 Å². The summed E-state index contributed by atoms with van der Waals surface area (Å²) in [5, 5.41) is 8.49. The van der Waals surface area contributed by atoms with Crippen molar-refractivity contribution >= 4 is 33.9 Å². The van der Waals surface area contributed by atoms with Crippen LogP contribution in [0.25, 0.3) is 0 Å². The number of rotatable bonds is 0. The largest absolute Gasteiger partial charge is 0.192 e. The lowest BCUT2D eigenvalue weighted by Gasteiger charge is -1.76. The second kappa shape index (κ2) is 2.67. The molecule has 0 spiro atoms. The first kappa shape index (κ1) is 7.03. The minimum absolute atomic E-state index is 0.833. The maximum absolute atomic E-state index is 8.49. The lowest BCUT2D eigenvalue weighted by Crippen LogP contribution is -1.65. The lowest BCUT2D eigenvalue weighted by molar-refractivity contribution is 1.46. The normalized spacial score (nSPS) is 9.00. The molecule has 1 heterocycles. The van der Waals surface area contributed by atoms with E-state index in [0.29, 0.717) is 0 Å². The molecule has 0 saturated heterocycles. The summed E-state index contributed by atoms with van der Waals surface area (Å²) in [4.78, 5) is 0.833. The third-order valence-electron chi connectivity index (χ3n) is 0.989. The summed E-state index contributed by atoms with van der Waals surface area (Å²) in [5.41, 5.74) is 1.09. The fourth-order valence-electron chi connectivity index (χ4n) is 0.554. The topological polar surface area (TPSA) is 23.8 Å². The van der Waals surface area contributed by atoms with Crippen molar-refractivity contribution in [1.82, 2.24) is 0 Å². The van der Waals surface area contributed by atoms with Gasteiger partial charge in [-0.05, 0) is 41.1 Å². The fourth-order valence-corrected chi connectivity index (χ4v) is 2.38. The highest BCUT2D eigenvalue weighted by Gasteiger charge is 1.99. The Balaban J connectivity index is 3.20. The van der Waals surface area contributed by atoms with E-state index in [4.69, 9.17) is 5.26 Å². The van der Waals surface area contributed by atoms with Gasteiger partial charge in [0, 0.05) is 0 Å². The molecule has 0 aliphatic carbocycles. The molecule has 1 aromatic heterocycles. The maximum atomic E-state index is 8.49. The van der Waals surface area contributed by atoms with Crippen LogP contribution in [-0.4, -0.2) is 0 Å². The second-order valence-electron chi connectivity index (χ2n) is 1.67. The van der Waals surface area contributed by atoms with Gasteiger partial charge in [-0.15, -0.1) is 11.3 Å². The van der Waals surface area contributed by atoms with Gasteiger partial charge in [0.25, 0.3) is 0 Å². The fraction of sp³-hybridized carbons (Fsp3) is 0.167. The van der Waals surface area contributed by atoms with Crippen LogP contribution in [0.4, 0.5) is 0 Å². The molecule has 0 aromatic carbocycles. The molecule has 0 saturated carbocycles. The van der Waals surface area contributed by atoms with Gasteiger partial charge in [0.2, 0.25) is 0 Å². The van der Waals surface area contributed by atoms with E-state index in [1.807, 2.05) is 13.0 Å². The Morgan fingerprint density at radius 3 is 2.67 bits per heavy atom. The molecule has 0 N–H and O–H groups in total. The maximum Gasteiger partial charge on any atom is 0.110 e. The molecule has 46 valence electrons. The molecular formula is C6H4INS. The van der Waals surface area contributed by atoms with Crippen molar-refractivity contribution in [3.63, 3.8) is 0 Å². The van der Waals surface area contributed by atoms with Gasteiger partial charge in [-0.1, -0.05) is 0 Å². The summed E-state index contributed by atoms with van der Waals surface area (Å²) in [7, 11) is 0. The monoisotopic (exact) mass is 249 g/mol. The summed E-state index contributed by atoms with van der Waals surface area (Å²) in [6.07, 6.45) is 0. The molecule has 0 unspecified atom stereocenters. The number of nitrogens with zero attached hydrogens (tertiary/aromatic N) is 1. The van der Waals surface area contributed by atoms with E-state index in [1.165, 1.54) is 14.2 Å². The third-order valence-corrected chi connectivity index (χ3v) is 2.89. The van der Waals surface area contributed by atoms with Crippen LogP contribution in [0, 0.1) is 21.1 Å². The summed E-state index contributed by atoms with van der Waals surface area (Å²) < 4.78 is 1.18. The van der Waals surface area contributed by atoms with Crippen molar-refractivity contribution in [2.24, 2.45) is 0 Å². The van der Waals surface area contributed by atoms with E-state index in [2.05, 4.69) is 28.7 Å². The molecule has 0 fully saturated rings. The molecule has 0 amide bonds. The van der Waals surface area contributed by atoms with Gasteiger partial charge in [-0.25, -0.2) is 0 Å². The Kier molecular flexibility index (Phi) is 2.09. The van der Waals surface area contributed by atoms with Crippen LogP contribution in [-0.2, 0) is 0 Å². The number of nitriles is 1.